The zero-order valence-electron chi connectivity index (χ0n) is 8.15. The minimum absolute atomic E-state index is 0.354. The van der Waals surface area contributed by atoms with E-state index in [0.29, 0.717) is 17.3 Å². The van der Waals surface area contributed by atoms with Gasteiger partial charge in [0, 0.05) is 5.92 Å². The second kappa shape index (κ2) is 3.62. The fourth-order valence-electron chi connectivity index (χ4n) is 1.91. The average Bonchev–Trinajstić information content (AvgIpc) is 2.95. The lowest BCUT2D eigenvalue weighted by molar-refractivity contribution is 0.564. The highest BCUT2D eigenvalue weighted by Crippen LogP contribution is 2.54. The molecule has 74 valence electrons. The molecule has 1 aromatic rings. The van der Waals surface area contributed by atoms with Crippen LogP contribution in [0, 0.1) is 0 Å². The zero-order chi connectivity index (χ0) is 10.8. The van der Waals surface area contributed by atoms with Gasteiger partial charge in [0.1, 0.15) is 11.4 Å². The minimum atomic E-state index is 0.354. The van der Waals surface area contributed by atoms with E-state index in [9.17, 15) is 9.59 Å². The summed E-state index contributed by atoms with van der Waals surface area (Å²) in [6, 6.07) is 3.58. The van der Waals surface area contributed by atoms with Crippen molar-refractivity contribution in [2.45, 2.75) is 19.3 Å². The molecule has 0 bridgehead atoms. The summed E-state index contributed by atoms with van der Waals surface area (Å²) < 4.78 is 0. The second-order valence-corrected chi connectivity index (χ2v) is 3.30. The predicted octanol–water partition coefficient (Wildman–Crippen LogP) is 2.48. The summed E-state index contributed by atoms with van der Waals surface area (Å²) >= 11 is 0. The van der Waals surface area contributed by atoms with Crippen LogP contribution >= 0.6 is 0 Å². The fourth-order valence-corrected chi connectivity index (χ4v) is 1.91. The Morgan fingerprint density at radius 1 is 1.27 bits per heavy atom. The molecule has 0 heterocycles. The van der Waals surface area contributed by atoms with Crippen molar-refractivity contribution < 1.29 is 9.59 Å². The van der Waals surface area contributed by atoms with Gasteiger partial charge in [0.2, 0.25) is 12.2 Å². The van der Waals surface area contributed by atoms with Gasteiger partial charge in [-0.05, 0) is 23.6 Å². The summed E-state index contributed by atoms with van der Waals surface area (Å²) in [7, 11) is 0. The lowest BCUT2D eigenvalue weighted by Crippen LogP contribution is -1.69. The molecule has 0 N–H and O–H groups in total. The third-order valence-corrected chi connectivity index (χ3v) is 2.60. The first-order valence-corrected chi connectivity index (χ1v) is 4.66. The maximum Gasteiger partial charge on any atom is 0.240 e. The average molecular weight is 200 g/mol. The van der Waals surface area contributed by atoms with Crippen LogP contribution in [0.3, 0.4) is 0 Å². The van der Waals surface area contributed by atoms with E-state index in [2.05, 4.69) is 16.9 Å². The van der Waals surface area contributed by atoms with E-state index >= 15 is 0 Å². The van der Waals surface area contributed by atoms with E-state index in [-0.39, 0.29) is 0 Å². The maximum absolute atomic E-state index is 10.3. The van der Waals surface area contributed by atoms with E-state index < -0.39 is 0 Å². The quantitative estimate of drug-likeness (QED) is 0.555. The summed E-state index contributed by atoms with van der Waals surface area (Å²) in [5, 5.41) is 0. The SMILES string of the molecule is CCC1c2ccc(N=C=O)c(N=C=O)c21. The molecule has 1 atom stereocenters. The third-order valence-electron chi connectivity index (χ3n) is 2.60. The predicted molar refractivity (Wildman–Crippen MR) is 54.1 cm³/mol. The molecule has 0 fully saturated rings. The third kappa shape index (κ3) is 1.42. The first kappa shape index (κ1) is 9.53. The van der Waals surface area contributed by atoms with Crippen molar-refractivity contribution in [3.05, 3.63) is 23.3 Å². The molecule has 1 aliphatic rings. The van der Waals surface area contributed by atoms with Crippen molar-refractivity contribution in [2.75, 3.05) is 0 Å². The van der Waals surface area contributed by atoms with Crippen LogP contribution in [0.2, 0.25) is 0 Å². The van der Waals surface area contributed by atoms with Crippen molar-refractivity contribution in [1.82, 2.24) is 0 Å². The number of aliphatic imine (C=N–C) groups is 2. The van der Waals surface area contributed by atoms with Crippen molar-refractivity contribution in [2.24, 2.45) is 9.98 Å². The monoisotopic (exact) mass is 200 g/mol. The smallest absolute Gasteiger partial charge is 0.211 e. The van der Waals surface area contributed by atoms with Crippen LogP contribution in [0.1, 0.15) is 30.4 Å². The number of nitrogens with zero attached hydrogens (tertiary/aromatic N) is 2. The molecule has 0 amide bonds. The first-order chi connectivity index (χ1) is 7.33. The van der Waals surface area contributed by atoms with Gasteiger partial charge in [-0.2, -0.15) is 9.98 Å². The van der Waals surface area contributed by atoms with Gasteiger partial charge in [0.15, 0.2) is 0 Å². The largest absolute Gasteiger partial charge is 0.240 e. The topological polar surface area (TPSA) is 58.9 Å². The standard InChI is InChI=1S/C11H8N2O2/c1-2-7-8-3-4-9(12-5-14)11(10(7)8)13-6-15/h3-4,7H,2H2,1H3. The molecule has 1 unspecified atom stereocenters. The van der Waals surface area contributed by atoms with Crippen molar-refractivity contribution in [1.29, 1.82) is 0 Å². The molecule has 0 aliphatic heterocycles. The molecular formula is C11H8N2O2. The normalized spacial score (nSPS) is 15.9. The Morgan fingerprint density at radius 3 is 2.60 bits per heavy atom. The van der Waals surface area contributed by atoms with Gasteiger partial charge >= 0.3 is 0 Å². The Bertz CT molecular complexity index is 510. The van der Waals surface area contributed by atoms with Crippen LogP contribution in [0.15, 0.2) is 22.1 Å². The highest BCUT2D eigenvalue weighted by atomic mass is 16.1. The number of hydrogen-bond acceptors (Lipinski definition) is 4. The molecule has 2 rings (SSSR count). The Morgan fingerprint density at radius 2 is 2.00 bits per heavy atom. The van der Waals surface area contributed by atoms with E-state index in [4.69, 9.17) is 0 Å². The van der Waals surface area contributed by atoms with Gasteiger partial charge in [-0.25, -0.2) is 9.59 Å². The van der Waals surface area contributed by atoms with Crippen molar-refractivity contribution in [3.63, 3.8) is 0 Å². The summed E-state index contributed by atoms with van der Waals surface area (Å²) in [6.45, 7) is 2.06. The van der Waals surface area contributed by atoms with Gasteiger partial charge in [0.05, 0.1) is 0 Å². The molecule has 0 radical (unpaired) electrons. The molecule has 4 nitrogen and oxygen atoms in total. The lowest BCUT2D eigenvalue weighted by atomic mass is 10.2. The number of benzene rings is 1. The van der Waals surface area contributed by atoms with Crippen LogP contribution in [-0.4, -0.2) is 12.2 Å². The van der Waals surface area contributed by atoms with Crippen LogP contribution in [0.4, 0.5) is 11.4 Å². The Hall–Kier alpha value is -2.02. The molecule has 0 saturated carbocycles. The molecule has 4 heteroatoms. The van der Waals surface area contributed by atoms with E-state index in [1.807, 2.05) is 6.07 Å². The van der Waals surface area contributed by atoms with Gasteiger partial charge in [0.25, 0.3) is 0 Å². The minimum Gasteiger partial charge on any atom is -0.211 e. The lowest BCUT2D eigenvalue weighted by Gasteiger charge is -1.93. The number of carbonyl (C=O) groups excluding carboxylic acids is 2. The van der Waals surface area contributed by atoms with E-state index in [1.165, 1.54) is 17.7 Å². The van der Waals surface area contributed by atoms with E-state index in [0.717, 1.165) is 12.0 Å². The maximum atomic E-state index is 10.3. The highest BCUT2D eigenvalue weighted by molar-refractivity contribution is 5.80. The molecule has 1 aromatic carbocycles. The fraction of sp³-hybridized carbons (Fsp3) is 0.273. The van der Waals surface area contributed by atoms with Crippen LogP contribution in [-0.2, 0) is 9.59 Å². The first-order valence-electron chi connectivity index (χ1n) is 4.66. The zero-order valence-corrected chi connectivity index (χ0v) is 8.15. The molecule has 0 aromatic heterocycles. The summed E-state index contributed by atoms with van der Waals surface area (Å²) in [5.74, 6) is 0.354. The van der Waals surface area contributed by atoms with Crippen LogP contribution < -0.4 is 0 Å². The highest BCUT2D eigenvalue weighted by Gasteiger charge is 2.35. The number of hydrogen-bond donors (Lipinski definition) is 0. The van der Waals surface area contributed by atoms with Crippen LogP contribution in [0.5, 0.6) is 0 Å². The molecule has 0 spiro atoms. The summed E-state index contributed by atoms with van der Waals surface area (Å²) in [6.07, 6.45) is 3.90. The molecule has 0 saturated heterocycles. The number of rotatable bonds is 3. The number of isocyanates is 2. The summed E-state index contributed by atoms with van der Waals surface area (Å²) in [4.78, 5) is 27.6. The second-order valence-electron chi connectivity index (χ2n) is 3.30. The Labute approximate surface area is 86.4 Å². The summed E-state index contributed by atoms with van der Waals surface area (Å²) in [5.41, 5.74) is 3.05. The molecule has 15 heavy (non-hydrogen) atoms. The Balaban J connectivity index is 2.58. The number of fused-ring (bicyclic) bond motifs is 1. The Kier molecular flexibility index (Phi) is 2.30. The van der Waals surface area contributed by atoms with Crippen molar-refractivity contribution in [3.8, 4) is 0 Å². The van der Waals surface area contributed by atoms with Crippen molar-refractivity contribution >= 4 is 23.5 Å². The molecular weight excluding hydrogens is 192 g/mol. The van der Waals surface area contributed by atoms with E-state index in [1.54, 1.807) is 6.07 Å². The van der Waals surface area contributed by atoms with Crippen LogP contribution in [0.25, 0.3) is 0 Å². The van der Waals surface area contributed by atoms with Gasteiger partial charge in [-0.3, -0.25) is 0 Å². The van der Waals surface area contributed by atoms with Gasteiger partial charge < -0.3 is 0 Å². The van der Waals surface area contributed by atoms with Gasteiger partial charge in [-0.15, -0.1) is 0 Å². The van der Waals surface area contributed by atoms with Gasteiger partial charge in [-0.1, -0.05) is 13.0 Å². The molecule has 1 aliphatic carbocycles.